The Morgan fingerprint density at radius 2 is 2.29 bits per heavy atom. The van der Waals surface area contributed by atoms with Gasteiger partial charge in [0.1, 0.15) is 5.52 Å². The van der Waals surface area contributed by atoms with Gasteiger partial charge in [0, 0.05) is 26.5 Å². The fraction of sp³-hybridized carbons (Fsp3) is 0.500. The van der Waals surface area contributed by atoms with Crippen molar-refractivity contribution in [3.63, 3.8) is 0 Å². The zero-order valence-electron chi connectivity index (χ0n) is 12.0. The number of hydrogen-bond acceptors (Lipinski definition) is 5. The van der Waals surface area contributed by atoms with Gasteiger partial charge in [0.25, 0.3) is 0 Å². The number of pyridine rings is 1. The number of thioether (sulfide) groups is 1. The van der Waals surface area contributed by atoms with Gasteiger partial charge >= 0.3 is 5.97 Å². The molecular formula is C14H19N3O3S. The number of rotatable bonds is 9. The van der Waals surface area contributed by atoms with Gasteiger partial charge in [-0.25, -0.2) is 9.97 Å². The number of imidazole rings is 1. The van der Waals surface area contributed by atoms with E-state index in [0.717, 1.165) is 48.7 Å². The molecule has 21 heavy (non-hydrogen) atoms. The van der Waals surface area contributed by atoms with Crippen LogP contribution in [0.5, 0.6) is 0 Å². The summed E-state index contributed by atoms with van der Waals surface area (Å²) in [5, 5.41) is 9.55. The molecule has 0 saturated heterocycles. The lowest BCUT2D eigenvalue weighted by atomic mass is 10.2. The van der Waals surface area contributed by atoms with Gasteiger partial charge in [-0.3, -0.25) is 4.79 Å². The Kier molecular flexibility index (Phi) is 6.01. The number of carboxylic acids is 1. The maximum Gasteiger partial charge on any atom is 0.313 e. The number of methoxy groups -OCH3 is 1. The molecule has 0 amide bonds. The SMILES string of the molecule is COCCCCCn1c(SCC(=O)O)nc2cccnc21. The lowest BCUT2D eigenvalue weighted by Gasteiger charge is -2.07. The van der Waals surface area contributed by atoms with E-state index in [1.807, 2.05) is 16.7 Å². The summed E-state index contributed by atoms with van der Waals surface area (Å²) in [6.07, 6.45) is 4.81. The molecule has 0 aliphatic carbocycles. The predicted octanol–water partition coefficient (Wildman–Crippen LogP) is 2.42. The summed E-state index contributed by atoms with van der Waals surface area (Å²) in [6, 6.07) is 3.73. The summed E-state index contributed by atoms with van der Waals surface area (Å²) in [6.45, 7) is 1.56. The Morgan fingerprint density at radius 3 is 3.05 bits per heavy atom. The van der Waals surface area contributed by atoms with Crippen LogP contribution in [-0.2, 0) is 16.1 Å². The molecule has 2 heterocycles. The number of carboxylic acid groups (broad SMARTS) is 1. The van der Waals surface area contributed by atoms with Crippen molar-refractivity contribution in [3.8, 4) is 0 Å². The maximum atomic E-state index is 10.7. The van der Waals surface area contributed by atoms with Crippen molar-refractivity contribution in [1.29, 1.82) is 0 Å². The van der Waals surface area contributed by atoms with E-state index in [1.165, 1.54) is 11.8 Å². The van der Waals surface area contributed by atoms with Crippen LogP contribution in [0.1, 0.15) is 19.3 Å². The van der Waals surface area contributed by atoms with Crippen LogP contribution in [0, 0.1) is 0 Å². The molecule has 114 valence electrons. The second kappa shape index (κ2) is 7.99. The van der Waals surface area contributed by atoms with E-state index >= 15 is 0 Å². The van der Waals surface area contributed by atoms with Gasteiger partial charge in [0.05, 0.1) is 5.75 Å². The molecule has 0 spiro atoms. The zero-order chi connectivity index (χ0) is 15.1. The highest BCUT2D eigenvalue weighted by molar-refractivity contribution is 7.99. The highest BCUT2D eigenvalue weighted by Gasteiger charge is 2.13. The van der Waals surface area contributed by atoms with Crippen LogP contribution < -0.4 is 0 Å². The smallest absolute Gasteiger partial charge is 0.313 e. The third-order valence-corrected chi connectivity index (χ3v) is 3.98. The molecule has 0 unspecified atom stereocenters. The van der Waals surface area contributed by atoms with E-state index < -0.39 is 5.97 Å². The second-order valence-electron chi connectivity index (χ2n) is 4.63. The van der Waals surface area contributed by atoms with Gasteiger partial charge in [-0.1, -0.05) is 11.8 Å². The standard InChI is InChI=1S/C14H19N3O3S/c1-20-9-4-2-3-8-17-13-11(6-5-7-15-13)16-14(17)21-10-12(18)19/h5-7H,2-4,8-10H2,1H3,(H,18,19). The van der Waals surface area contributed by atoms with Crippen LogP contribution in [0.15, 0.2) is 23.5 Å². The quantitative estimate of drug-likeness (QED) is 0.566. The van der Waals surface area contributed by atoms with Crippen molar-refractivity contribution in [3.05, 3.63) is 18.3 Å². The molecule has 7 heteroatoms. The molecule has 0 saturated carbocycles. The molecule has 0 radical (unpaired) electrons. The Balaban J connectivity index is 2.09. The Morgan fingerprint density at radius 1 is 1.43 bits per heavy atom. The number of aromatic nitrogens is 3. The molecule has 0 bridgehead atoms. The Hall–Kier alpha value is -1.60. The summed E-state index contributed by atoms with van der Waals surface area (Å²) >= 11 is 1.24. The number of ether oxygens (including phenoxy) is 1. The van der Waals surface area contributed by atoms with Gasteiger partial charge in [-0.05, 0) is 31.4 Å². The van der Waals surface area contributed by atoms with E-state index in [0.29, 0.717) is 0 Å². The molecular weight excluding hydrogens is 290 g/mol. The van der Waals surface area contributed by atoms with Crippen molar-refractivity contribution in [2.45, 2.75) is 31.0 Å². The molecule has 2 aromatic rings. The lowest BCUT2D eigenvalue weighted by molar-refractivity contribution is -0.133. The number of aliphatic carboxylic acids is 1. The summed E-state index contributed by atoms with van der Waals surface area (Å²) < 4.78 is 7.05. The summed E-state index contributed by atoms with van der Waals surface area (Å²) in [5.74, 6) is -0.834. The van der Waals surface area contributed by atoms with Crippen molar-refractivity contribution >= 4 is 28.9 Å². The molecule has 0 aliphatic rings. The van der Waals surface area contributed by atoms with Crippen LogP contribution in [0.3, 0.4) is 0 Å². The number of hydrogen-bond donors (Lipinski definition) is 1. The van der Waals surface area contributed by atoms with Crippen LogP contribution in [0.2, 0.25) is 0 Å². The van der Waals surface area contributed by atoms with Crippen LogP contribution >= 0.6 is 11.8 Å². The first-order valence-corrected chi connectivity index (χ1v) is 7.85. The largest absolute Gasteiger partial charge is 0.481 e. The van der Waals surface area contributed by atoms with E-state index in [1.54, 1.807) is 13.3 Å². The summed E-state index contributed by atoms with van der Waals surface area (Å²) in [4.78, 5) is 19.6. The minimum atomic E-state index is -0.841. The second-order valence-corrected chi connectivity index (χ2v) is 5.57. The van der Waals surface area contributed by atoms with Crippen LogP contribution in [-0.4, -0.2) is 45.1 Å². The molecule has 0 fully saturated rings. The molecule has 0 aliphatic heterocycles. The normalized spacial score (nSPS) is 11.1. The zero-order valence-corrected chi connectivity index (χ0v) is 12.8. The topological polar surface area (TPSA) is 77.2 Å². The highest BCUT2D eigenvalue weighted by Crippen LogP contribution is 2.23. The van der Waals surface area contributed by atoms with Crippen LogP contribution in [0.4, 0.5) is 0 Å². The summed E-state index contributed by atoms with van der Waals surface area (Å²) in [5.41, 5.74) is 1.62. The number of carbonyl (C=O) groups is 1. The van der Waals surface area contributed by atoms with Gasteiger partial charge in [-0.2, -0.15) is 0 Å². The lowest BCUT2D eigenvalue weighted by Crippen LogP contribution is -2.04. The van der Waals surface area contributed by atoms with E-state index in [4.69, 9.17) is 9.84 Å². The monoisotopic (exact) mass is 309 g/mol. The number of unbranched alkanes of at least 4 members (excludes halogenated alkanes) is 2. The van der Waals surface area contributed by atoms with E-state index in [2.05, 4.69) is 9.97 Å². The number of aryl methyl sites for hydroxylation is 1. The van der Waals surface area contributed by atoms with Gasteiger partial charge in [0.2, 0.25) is 0 Å². The minimum Gasteiger partial charge on any atom is -0.481 e. The first-order chi connectivity index (χ1) is 10.2. The Labute approximate surface area is 127 Å². The van der Waals surface area contributed by atoms with Crippen molar-refractivity contribution in [2.24, 2.45) is 0 Å². The molecule has 6 nitrogen and oxygen atoms in total. The number of fused-ring (bicyclic) bond motifs is 1. The molecule has 2 aromatic heterocycles. The third-order valence-electron chi connectivity index (χ3n) is 3.02. The van der Waals surface area contributed by atoms with E-state index in [9.17, 15) is 4.79 Å². The fourth-order valence-electron chi connectivity index (χ4n) is 2.07. The molecule has 2 rings (SSSR count). The van der Waals surface area contributed by atoms with Gasteiger partial charge < -0.3 is 14.4 Å². The molecule has 1 N–H and O–H groups in total. The van der Waals surface area contributed by atoms with Crippen molar-refractivity contribution in [1.82, 2.24) is 14.5 Å². The average Bonchev–Trinajstić information content (AvgIpc) is 2.83. The van der Waals surface area contributed by atoms with Gasteiger partial charge in [0.15, 0.2) is 10.8 Å². The number of nitrogens with zero attached hydrogens (tertiary/aromatic N) is 3. The molecule has 0 atom stereocenters. The third kappa shape index (κ3) is 4.44. The molecule has 0 aromatic carbocycles. The van der Waals surface area contributed by atoms with E-state index in [-0.39, 0.29) is 5.75 Å². The fourth-order valence-corrected chi connectivity index (χ4v) is 2.82. The maximum absolute atomic E-state index is 10.7. The first kappa shape index (κ1) is 15.8. The summed E-state index contributed by atoms with van der Waals surface area (Å²) in [7, 11) is 1.70. The highest BCUT2D eigenvalue weighted by atomic mass is 32.2. The Bertz CT molecular complexity index is 600. The minimum absolute atomic E-state index is 0.00694. The first-order valence-electron chi connectivity index (χ1n) is 6.87. The van der Waals surface area contributed by atoms with Crippen LogP contribution in [0.25, 0.3) is 11.2 Å². The van der Waals surface area contributed by atoms with Gasteiger partial charge in [-0.15, -0.1) is 0 Å². The predicted molar refractivity (Wildman–Crippen MR) is 81.6 cm³/mol. The average molecular weight is 309 g/mol. The van der Waals surface area contributed by atoms with Crippen molar-refractivity contribution < 1.29 is 14.6 Å². The van der Waals surface area contributed by atoms with Crippen molar-refractivity contribution in [2.75, 3.05) is 19.5 Å².